The van der Waals surface area contributed by atoms with Crippen molar-refractivity contribution in [2.45, 2.75) is 18.9 Å². The summed E-state index contributed by atoms with van der Waals surface area (Å²) < 4.78 is 0. The fraction of sp³-hybridized carbons (Fsp3) is 0.600. The van der Waals surface area contributed by atoms with E-state index in [1.165, 1.54) is 0 Å². The van der Waals surface area contributed by atoms with Crippen LogP contribution in [-0.4, -0.2) is 43.3 Å². The van der Waals surface area contributed by atoms with Gasteiger partial charge >= 0.3 is 0 Å². The van der Waals surface area contributed by atoms with Crippen LogP contribution in [0.4, 0.5) is 0 Å². The molecule has 5 heteroatoms. The number of aliphatic hydroxyl groups is 1. The zero-order chi connectivity index (χ0) is 14.5. The standard InChI is InChI=1S/C15H22Cl2N2O/c1-18-14(12-3-2-4-13(16)15(12)17)6-8-19-7-5-11(9-19)10-20/h2-4,11,14,18,20H,5-10H2,1H3. The quantitative estimate of drug-likeness (QED) is 0.847. The molecule has 2 rings (SSSR count). The van der Waals surface area contributed by atoms with Crippen LogP contribution in [-0.2, 0) is 0 Å². The van der Waals surface area contributed by atoms with E-state index in [0.29, 0.717) is 22.6 Å². The van der Waals surface area contributed by atoms with Crippen LogP contribution in [0, 0.1) is 5.92 Å². The monoisotopic (exact) mass is 316 g/mol. The summed E-state index contributed by atoms with van der Waals surface area (Å²) in [7, 11) is 1.95. The van der Waals surface area contributed by atoms with Gasteiger partial charge in [-0.15, -0.1) is 0 Å². The second-order valence-corrected chi connectivity index (χ2v) is 6.20. The Hall–Kier alpha value is -0.320. The minimum atomic E-state index is 0.203. The van der Waals surface area contributed by atoms with Crippen molar-refractivity contribution in [1.29, 1.82) is 0 Å². The van der Waals surface area contributed by atoms with Crippen LogP contribution in [0.25, 0.3) is 0 Å². The normalized spacial score (nSPS) is 21.3. The minimum absolute atomic E-state index is 0.203. The molecule has 0 spiro atoms. The number of nitrogens with one attached hydrogen (secondary N) is 1. The van der Waals surface area contributed by atoms with Crippen LogP contribution in [0.1, 0.15) is 24.4 Å². The summed E-state index contributed by atoms with van der Waals surface area (Å²) in [6.45, 7) is 3.37. The number of likely N-dealkylation sites (tertiary alicyclic amines) is 1. The Kier molecular flexibility index (Phi) is 6.12. The summed E-state index contributed by atoms with van der Waals surface area (Å²) in [5.41, 5.74) is 1.06. The molecule has 1 aliphatic rings. The number of aliphatic hydroxyl groups excluding tert-OH is 1. The van der Waals surface area contributed by atoms with E-state index >= 15 is 0 Å². The zero-order valence-corrected chi connectivity index (χ0v) is 13.3. The van der Waals surface area contributed by atoms with Crippen molar-refractivity contribution in [3.8, 4) is 0 Å². The van der Waals surface area contributed by atoms with Gasteiger partial charge in [-0.3, -0.25) is 0 Å². The molecule has 0 aromatic heterocycles. The van der Waals surface area contributed by atoms with Gasteiger partial charge in [0.15, 0.2) is 0 Å². The van der Waals surface area contributed by atoms with Crippen molar-refractivity contribution in [2.24, 2.45) is 5.92 Å². The Bertz CT molecular complexity index is 442. The predicted molar refractivity (Wildman–Crippen MR) is 84.5 cm³/mol. The average Bonchev–Trinajstić information content (AvgIpc) is 2.92. The SMILES string of the molecule is CNC(CCN1CCC(CO)C1)c1cccc(Cl)c1Cl. The Balaban J connectivity index is 1.94. The van der Waals surface area contributed by atoms with Crippen molar-refractivity contribution in [3.63, 3.8) is 0 Å². The highest BCUT2D eigenvalue weighted by molar-refractivity contribution is 6.42. The van der Waals surface area contributed by atoms with Crippen molar-refractivity contribution >= 4 is 23.2 Å². The molecule has 3 nitrogen and oxygen atoms in total. The maximum atomic E-state index is 9.18. The number of rotatable bonds is 6. The average molecular weight is 317 g/mol. The van der Waals surface area contributed by atoms with E-state index in [-0.39, 0.29) is 6.04 Å². The Morgan fingerprint density at radius 3 is 2.90 bits per heavy atom. The van der Waals surface area contributed by atoms with Gasteiger partial charge in [-0.25, -0.2) is 0 Å². The molecule has 20 heavy (non-hydrogen) atoms. The number of hydrogen-bond donors (Lipinski definition) is 2. The van der Waals surface area contributed by atoms with E-state index in [1.807, 2.05) is 25.2 Å². The maximum Gasteiger partial charge on any atom is 0.0640 e. The highest BCUT2D eigenvalue weighted by Crippen LogP contribution is 2.31. The largest absolute Gasteiger partial charge is 0.396 e. The number of halogens is 2. The van der Waals surface area contributed by atoms with Gasteiger partial charge in [0.1, 0.15) is 0 Å². The molecule has 1 fully saturated rings. The summed E-state index contributed by atoms with van der Waals surface area (Å²) in [5, 5.41) is 13.7. The molecule has 1 heterocycles. The molecule has 2 atom stereocenters. The molecule has 1 aromatic rings. The first-order valence-electron chi connectivity index (χ1n) is 7.10. The van der Waals surface area contributed by atoms with E-state index in [0.717, 1.165) is 38.0 Å². The van der Waals surface area contributed by atoms with Crippen LogP contribution in [0.5, 0.6) is 0 Å². The van der Waals surface area contributed by atoms with Gasteiger partial charge < -0.3 is 15.3 Å². The Morgan fingerprint density at radius 2 is 2.25 bits per heavy atom. The van der Waals surface area contributed by atoms with Crippen LogP contribution < -0.4 is 5.32 Å². The highest BCUT2D eigenvalue weighted by atomic mass is 35.5. The van der Waals surface area contributed by atoms with Gasteiger partial charge in [0.25, 0.3) is 0 Å². The lowest BCUT2D eigenvalue weighted by molar-refractivity contribution is 0.219. The number of nitrogens with zero attached hydrogens (tertiary/aromatic N) is 1. The fourth-order valence-corrected chi connectivity index (χ4v) is 3.26. The lowest BCUT2D eigenvalue weighted by Crippen LogP contribution is -2.27. The van der Waals surface area contributed by atoms with Crippen LogP contribution >= 0.6 is 23.2 Å². The van der Waals surface area contributed by atoms with Gasteiger partial charge in [0.05, 0.1) is 10.0 Å². The van der Waals surface area contributed by atoms with Crippen LogP contribution in [0.3, 0.4) is 0 Å². The van der Waals surface area contributed by atoms with Gasteiger partial charge in [-0.05, 0) is 50.5 Å². The molecule has 1 saturated heterocycles. The first kappa shape index (κ1) is 16.1. The van der Waals surface area contributed by atoms with E-state index in [1.54, 1.807) is 0 Å². The third-order valence-corrected chi connectivity index (χ3v) is 4.90. The van der Waals surface area contributed by atoms with E-state index in [2.05, 4.69) is 10.2 Å². The first-order chi connectivity index (χ1) is 9.65. The second-order valence-electron chi connectivity index (χ2n) is 5.41. The van der Waals surface area contributed by atoms with Crippen molar-refractivity contribution < 1.29 is 5.11 Å². The van der Waals surface area contributed by atoms with E-state index < -0.39 is 0 Å². The number of benzene rings is 1. The molecular formula is C15H22Cl2N2O. The Labute approximate surface area is 130 Å². The molecule has 0 bridgehead atoms. The molecule has 2 unspecified atom stereocenters. The van der Waals surface area contributed by atoms with Crippen LogP contribution in [0.15, 0.2) is 18.2 Å². The molecule has 1 aromatic carbocycles. The molecule has 0 radical (unpaired) electrons. The molecule has 0 aliphatic carbocycles. The Morgan fingerprint density at radius 1 is 1.45 bits per heavy atom. The van der Waals surface area contributed by atoms with Gasteiger partial charge in [0.2, 0.25) is 0 Å². The van der Waals surface area contributed by atoms with E-state index in [9.17, 15) is 5.11 Å². The summed E-state index contributed by atoms with van der Waals surface area (Å²) in [6, 6.07) is 5.97. The van der Waals surface area contributed by atoms with Crippen molar-refractivity contribution in [1.82, 2.24) is 10.2 Å². The van der Waals surface area contributed by atoms with Crippen molar-refractivity contribution in [2.75, 3.05) is 33.3 Å². The molecule has 0 saturated carbocycles. The lowest BCUT2D eigenvalue weighted by atomic mass is 10.0. The third kappa shape index (κ3) is 3.86. The smallest absolute Gasteiger partial charge is 0.0640 e. The van der Waals surface area contributed by atoms with E-state index in [4.69, 9.17) is 23.2 Å². The van der Waals surface area contributed by atoms with Gasteiger partial charge in [-0.1, -0.05) is 35.3 Å². The third-order valence-electron chi connectivity index (χ3n) is 4.07. The summed E-state index contributed by atoms with van der Waals surface area (Å²) >= 11 is 12.4. The lowest BCUT2D eigenvalue weighted by Gasteiger charge is -2.22. The second kappa shape index (κ2) is 7.62. The zero-order valence-electron chi connectivity index (χ0n) is 11.8. The first-order valence-corrected chi connectivity index (χ1v) is 7.85. The molecule has 1 aliphatic heterocycles. The molecular weight excluding hydrogens is 295 g/mol. The van der Waals surface area contributed by atoms with Crippen molar-refractivity contribution in [3.05, 3.63) is 33.8 Å². The summed E-state index contributed by atoms with van der Waals surface area (Å²) in [6.07, 6.45) is 2.08. The highest BCUT2D eigenvalue weighted by Gasteiger charge is 2.23. The van der Waals surface area contributed by atoms with Gasteiger partial charge in [0, 0.05) is 19.2 Å². The van der Waals surface area contributed by atoms with Gasteiger partial charge in [-0.2, -0.15) is 0 Å². The minimum Gasteiger partial charge on any atom is -0.396 e. The molecule has 112 valence electrons. The molecule has 2 N–H and O–H groups in total. The maximum absolute atomic E-state index is 9.18. The number of hydrogen-bond acceptors (Lipinski definition) is 3. The van der Waals surface area contributed by atoms with Crippen LogP contribution in [0.2, 0.25) is 10.0 Å². The topological polar surface area (TPSA) is 35.5 Å². The summed E-state index contributed by atoms with van der Waals surface area (Å²) in [4.78, 5) is 2.41. The fourth-order valence-electron chi connectivity index (χ4n) is 2.82. The molecule has 0 amide bonds. The predicted octanol–water partition coefficient (Wildman–Crippen LogP) is 2.96. The summed E-state index contributed by atoms with van der Waals surface area (Å²) in [5.74, 6) is 0.442.